The number of aromatic nitrogens is 1. The summed E-state index contributed by atoms with van der Waals surface area (Å²) in [6.45, 7) is 12.2. The van der Waals surface area contributed by atoms with Gasteiger partial charge >= 0.3 is 0 Å². The summed E-state index contributed by atoms with van der Waals surface area (Å²) in [5.41, 5.74) is 3.60. The Morgan fingerprint density at radius 2 is 2.13 bits per heavy atom. The molecule has 0 saturated carbocycles. The lowest BCUT2D eigenvalue weighted by Crippen LogP contribution is -1.85. The lowest BCUT2D eigenvalue weighted by Gasteiger charge is -2.04. The molecule has 0 aliphatic rings. The molecule has 0 fully saturated rings. The van der Waals surface area contributed by atoms with E-state index < -0.39 is 0 Å². The van der Waals surface area contributed by atoms with E-state index in [1.165, 1.54) is 5.57 Å². The van der Waals surface area contributed by atoms with E-state index in [1.54, 1.807) is 6.20 Å². The second-order valence-electron chi connectivity index (χ2n) is 3.16. The van der Waals surface area contributed by atoms with E-state index in [2.05, 4.69) is 24.6 Å². The molecule has 0 aliphatic carbocycles. The molecule has 1 heteroatoms. The lowest BCUT2D eigenvalue weighted by atomic mass is 10.0. The van der Waals surface area contributed by atoms with Crippen LogP contribution in [-0.2, 0) is 0 Å². The van der Waals surface area contributed by atoms with E-state index in [0.29, 0.717) is 0 Å². The Labute approximate surface area is 93.6 Å². The quantitative estimate of drug-likeness (QED) is 0.660. The van der Waals surface area contributed by atoms with Crippen LogP contribution in [0.3, 0.4) is 0 Å². The SMILES string of the molecule is C=C(C/C(C)=C\C)c1cccnc1.CC. The summed E-state index contributed by atoms with van der Waals surface area (Å²) >= 11 is 0. The van der Waals surface area contributed by atoms with Gasteiger partial charge in [-0.2, -0.15) is 0 Å². The van der Waals surface area contributed by atoms with E-state index in [0.717, 1.165) is 17.6 Å². The number of pyridine rings is 1. The Morgan fingerprint density at radius 1 is 1.47 bits per heavy atom. The van der Waals surface area contributed by atoms with E-state index in [9.17, 15) is 0 Å². The molecule has 0 atom stereocenters. The van der Waals surface area contributed by atoms with Crippen LogP contribution in [0.1, 0.15) is 39.7 Å². The first kappa shape index (κ1) is 13.6. The highest BCUT2D eigenvalue weighted by atomic mass is 14.6. The van der Waals surface area contributed by atoms with Crippen molar-refractivity contribution in [1.29, 1.82) is 0 Å². The van der Waals surface area contributed by atoms with Crippen LogP contribution in [0.25, 0.3) is 5.57 Å². The van der Waals surface area contributed by atoms with Gasteiger partial charge in [-0.1, -0.05) is 38.1 Å². The second-order valence-corrected chi connectivity index (χ2v) is 3.16. The minimum atomic E-state index is 0.933. The van der Waals surface area contributed by atoms with Gasteiger partial charge in [0.2, 0.25) is 0 Å². The predicted molar refractivity (Wildman–Crippen MR) is 68.7 cm³/mol. The van der Waals surface area contributed by atoms with Gasteiger partial charge in [0.05, 0.1) is 0 Å². The first-order valence-electron chi connectivity index (χ1n) is 5.44. The van der Waals surface area contributed by atoms with Crippen molar-refractivity contribution in [1.82, 2.24) is 4.98 Å². The van der Waals surface area contributed by atoms with Crippen molar-refractivity contribution in [3.63, 3.8) is 0 Å². The van der Waals surface area contributed by atoms with Gasteiger partial charge in [0.15, 0.2) is 0 Å². The lowest BCUT2D eigenvalue weighted by molar-refractivity contribution is 1.20. The Balaban J connectivity index is 0.000000921. The third-order valence-electron chi connectivity index (χ3n) is 2.05. The topological polar surface area (TPSA) is 12.9 Å². The maximum atomic E-state index is 4.06. The molecule has 1 aromatic rings. The molecular weight excluding hydrogens is 182 g/mol. The van der Waals surface area contributed by atoms with Crippen LogP contribution in [0, 0.1) is 0 Å². The summed E-state index contributed by atoms with van der Waals surface area (Å²) in [5, 5.41) is 0. The van der Waals surface area contributed by atoms with Crippen molar-refractivity contribution < 1.29 is 0 Å². The van der Waals surface area contributed by atoms with Gasteiger partial charge in [0.25, 0.3) is 0 Å². The van der Waals surface area contributed by atoms with Gasteiger partial charge in [-0.25, -0.2) is 0 Å². The van der Waals surface area contributed by atoms with Crippen LogP contribution in [0.15, 0.2) is 42.8 Å². The summed E-state index contributed by atoms with van der Waals surface area (Å²) < 4.78 is 0. The first-order chi connectivity index (χ1) is 7.24. The number of hydrogen-bond acceptors (Lipinski definition) is 1. The van der Waals surface area contributed by atoms with Crippen molar-refractivity contribution in [2.45, 2.75) is 34.1 Å². The third-order valence-corrected chi connectivity index (χ3v) is 2.05. The van der Waals surface area contributed by atoms with Crippen LogP contribution >= 0.6 is 0 Å². The molecule has 0 bridgehead atoms. The molecule has 1 nitrogen and oxygen atoms in total. The Hall–Kier alpha value is -1.37. The maximum Gasteiger partial charge on any atom is 0.0342 e. The van der Waals surface area contributed by atoms with Gasteiger partial charge in [-0.05, 0) is 37.5 Å². The molecule has 0 aliphatic heterocycles. The third kappa shape index (κ3) is 5.16. The fourth-order valence-electron chi connectivity index (χ4n) is 1.11. The van der Waals surface area contributed by atoms with E-state index in [-0.39, 0.29) is 0 Å². The molecule has 1 heterocycles. The van der Waals surface area contributed by atoms with Crippen molar-refractivity contribution in [2.24, 2.45) is 0 Å². The van der Waals surface area contributed by atoms with Crippen LogP contribution in [0.2, 0.25) is 0 Å². The van der Waals surface area contributed by atoms with Crippen LogP contribution < -0.4 is 0 Å². The van der Waals surface area contributed by atoms with E-state index in [1.807, 2.05) is 39.1 Å². The molecule has 82 valence electrons. The summed E-state index contributed by atoms with van der Waals surface area (Å²) in [6, 6.07) is 3.98. The summed E-state index contributed by atoms with van der Waals surface area (Å²) in [4.78, 5) is 4.06. The molecule has 0 amide bonds. The minimum absolute atomic E-state index is 0.933. The summed E-state index contributed by atoms with van der Waals surface area (Å²) in [5.74, 6) is 0. The number of nitrogens with zero attached hydrogens (tertiary/aromatic N) is 1. The van der Waals surface area contributed by atoms with E-state index >= 15 is 0 Å². The van der Waals surface area contributed by atoms with Gasteiger partial charge in [-0.15, -0.1) is 0 Å². The average Bonchev–Trinajstić information content (AvgIpc) is 2.32. The van der Waals surface area contributed by atoms with Gasteiger partial charge < -0.3 is 0 Å². The molecule has 15 heavy (non-hydrogen) atoms. The molecule has 1 aromatic heterocycles. The van der Waals surface area contributed by atoms with Gasteiger partial charge in [0.1, 0.15) is 0 Å². The molecule has 0 saturated heterocycles. The Bertz CT molecular complexity index is 309. The van der Waals surface area contributed by atoms with Gasteiger partial charge in [0, 0.05) is 12.4 Å². The van der Waals surface area contributed by atoms with Crippen molar-refractivity contribution in [3.05, 3.63) is 48.3 Å². The highest BCUT2D eigenvalue weighted by Gasteiger charge is 1.98. The number of allylic oxidation sites excluding steroid dienone is 3. The zero-order valence-electron chi connectivity index (χ0n) is 10.2. The van der Waals surface area contributed by atoms with Crippen molar-refractivity contribution in [3.8, 4) is 0 Å². The van der Waals surface area contributed by atoms with E-state index in [4.69, 9.17) is 0 Å². The highest BCUT2D eigenvalue weighted by molar-refractivity contribution is 5.64. The van der Waals surface area contributed by atoms with Crippen LogP contribution in [0.5, 0.6) is 0 Å². The number of hydrogen-bond donors (Lipinski definition) is 0. The molecule has 0 aromatic carbocycles. The average molecular weight is 203 g/mol. The van der Waals surface area contributed by atoms with Crippen LogP contribution in [0.4, 0.5) is 0 Å². The molecule has 0 unspecified atom stereocenters. The Kier molecular flexibility index (Phi) is 7.25. The zero-order chi connectivity index (χ0) is 11.7. The highest BCUT2D eigenvalue weighted by Crippen LogP contribution is 2.18. The van der Waals surface area contributed by atoms with Crippen molar-refractivity contribution in [2.75, 3.05) is 0 Å². The molecular formula is C14H21N. The number of rotatable bonds is 3. The van der Waals surface area contributed by atoms with Crippen molar-refractivity contribution >= 4 is 5.57 Å². The largest absolute Gasteiger partial charge is 0.264 e. The Morgan fingerprint density at radius 3 is 2.60 bits per heavy atom. The molecule has 0 N–H and O–H groups in total. The zero-order valence-corrected chi connectivity index (χ0v) is 10.2. The molecule has 0 spiro atoms. The smallest absolute Gasteiger partial charge is 0.0342 e. The van der Waals surface area contributed by atoms with Gasteiger partial charge in [-0.3, -0.25) is 4.98 Å². The first-order valence-corrected chi connectivity index (χ1v) is 5.44. The fraction of sp³-hybridized carbons (Fsp3) is 0.357. The second kappa shape index (κ2) is 7.98. The monoisotopic (exact) mass is 203 g/mol. The van der Waals surface area contributed by atoms with Crippen LogP contribution in [-0.4, -0.2) is 4.98 Å². The fourth-order valence-corrected chi connectivity index (χ4v) is 1.11. The standard InChI is InChI=1S/C12H15N.C2H6/c1-4-10(2)8-11(3)12-6-5-7-13-9-12;1-2/h4-7,9H,3,8H2,1-2H3;1-2H3/b10-4-;. The minimum Gasteiger partial charge on any atom is -0.264 e. The normalized spacial score (nSPS) is 10.3. The molecule has 0 radical (unpaired) electrons. The molecule has 1 rings (SSSR count). The summed E-state index contributed by atoms with van der Waals surface area (Å²) in [7, 11) is 0. The maximum absolute atomic E-state index is 4.06. The predicted octanol–water partition coefficient (Wildman–Crippen LogP) is 4.48. The summed E-state index contributed by atoms with van der Waals surface area (Å²) in [6.07, 6.45) is 6.67.